The molecule has 0 spiro atoms. The predicted octanol–water partition coefficient (Wildman–Crippen LogP) is 2.14. The molecule has 0 heterocycles. The highest BCUT2D eigenvalue weighted by atomic mass is 79.9. The first-order chi connectivity index (χ1) is 9.91. The van der Waals surface area contributed by atoms with E-state index in [9.17, 15) is 14.9 Å². The lowest BCUT2D eigenvalue weighted by molar-refractivity contribution is -0.386. The van der Waals surface area contributed by atoms with E-state index in [1.165, 1.54) is 6.92 Å². The highest BCUT2D eigenvalue weighted by Gasteiger charge is 2.25. The van der Waals surface area contributed by atoms with Crippen LogP contribution in [-0.4, -0.2) is 18.7 Å². The summed E-state index contributed by atoms with van der Waals surface area (Å²) in [5.74, 6) is -0.210. The zero-order valence-electron chi connectivity index (χ0n) is 11.4. The lowest BCUT2D eigenvalue weighted by atomic mass is 9.87. The molecule has 0 unspecified atom stereocenters. The van der Waals surface area contributed by atoms with Gasteiger partial charge in [0.1, 0.15) is 13.6 Å². The molecule has 0 N–H and O–H groups in total. The summed E-state index contributed by atoms with van der Waals surface area (Å²) in [4.78, 5) is 22.9. The highest BCUT2D eigenvalue weighted by Crippen LogP contribution is 2.30. The van der Waals surface area contributed by atoms with Crippen molar-refractivity contribution in [3.05, 3.63) is 62.1 Å². The summed E-state index contributed by atoms with van der Waals surface area (Å²) in [5, 5.41) is 11.1. The highest BCUT2D eigenvalue weighted by molar-refractivity contribution is 9.10. The molecule has 0 aliphatic heterocycles. The first-order valence-electron chi connectivity index (χ1n) is 6.13. The van der Waals surface area contributed by atoms with Gasteiger partial charge in [-0.3, -0.25) is 10.1 Å². The number of rotatable bonds is 3. The van der Waals surface area contributed by atoms with Crippen LogP contribution in [0.15, 0.2) is 40.9 Å². The quantitative estimate of drug-likeness (QED) is 0.280. The third-order valence-corrected chi connectivity index (χ3v) is 3.64. The third kappa shape index (κ3) is 3.13. The van der Waals surface area contributed by atoms with Crippen molar-refractivity contribution in [1.82, 2.24) is 0 Å². The Bertz CT molecular complexity index is 719. The van der Waals surface area contributed by atoms with Gasteiger partial charge in [-0.25, -0.2) is 4.79 Å². The summed E-state index contributed by atoms with van der Waals surface area (Å²) in [6, 6.07) is 10.1. The van der Waals surface area contributed by atoms with E-state index in [4.69, 9.17) is 4.74 Å². The molecule has 21 heavy (non-hydrogen) atoms. The number of hydrogen-bond acceptors (Lipinski definition) is 4. The molecule has 0 aromatic heterocycles. The number of esters is 1. The molecule has 0 bridgehead atoms. The van der Waals surface area contributed by atoms with Crippen molar-refractivity contribution in [2.24, 2.45) is 0 Å². The van der Waals surface area contributed by atoms with E-state index in [0.29, 0.717) is 15.7 Å². The van der Waals surface area contributed by atoms with Crippen LogP contribution in [0.25, 0.3) is 0 Å². The molecule has 0 fully saturated rings. The number of para-hydroxylation sites is 1. The monoisotopic (exact) mass is 347 g/mol. The van der Waals surface area contributed by atoms with E-state index < -0.39 is 10.9 Å². The van der Waals surface area contributed by atoms with Gasteiger partial charge in [-0.15, -0.1) is 0 Å². The Morgan fingerprint density at radius 1 is 1.33 bits per heavy atom. The van der Waals surface area contributed by atoms with Gasteiger partial charge in [-0.2, -0.15) is 0 Å². The Kier molecular flexibility index (Phi) is 4.42. The molecule has 0 atom stereocenters. The summed E-state index contributed by atoms with van der Waals surface area (Å²) >= 11 is 3.15. The van der Waals surface area contributed by atoms with Crippen molar-refractivity contribution in [3.8, 4) is 5.75 Å². The zero-order chi connectivity index (χ0) is 15.6. The van der Waals surface area contributed by atoms with Crippen LogP contribution in [0.3, 0.4) is 0 Å². The first-order valence-corrected chi connectivity index (χ1v) is 6.92. The molecule has 7 heteroatoms. The van der Waals surface area contributed by atoms with Crippen molar-refractivity contribution in [2.75, 3.05) is 0 Å². The summed E-state index contributed by atoms with van der Waals surface area (Å²) in [7, 11) is 1.71. The Balaban J connectivity index is 2.46. The molecule has 0 saturated carbocycles. The van der Waals surface area contributed by atoms with Crippen molar-refractivity contribution < 1.29 is 14.5 Å². The molecule has 2 aromatic carbocycles. The fourth-order valence-corrected chi connectivity index (χ4v) is 2.89. The van der Waals surface area contributed by atoms with Gasteiger partial charge in [0.05, 0.1) is 15.0 Å². The standard InChI is InChI=1S/C14H11BBrNO4/c1-8-12(10(15)7-11(16)13(8)17(19)20)14(18)21-9-5-3-2-4-6-9/h2-7H,15H2,1H3. The van der Waals surface area contributed by atoms with Crippen molar-refractivity contribution in [2.45, 2.75) is 6.92 Å². The second-order valence-corrected chi connectivity index (χ2v) is 5.34. The van der Waals surface area contributed by atoms with Crippen LogP contribution in [0.4, 0.5) is 5.69 Å². The Morgan fingerprint density at radius 2 is 1.95 bits per heavy atom. The van der Waals surface area contributed by atoms with Gasteiger partial charge in [0, 0.05) is 5.56 Å². The minimum Gasteiger partial charge on any atom is -0.423 e. The molecule has 0 aliphatic rings. The summed E-state index contributed by atoms with van der Waals surface area (Å²) in [6.45, 7) is 1.54. The maximum atomic E-state index is 12.3. The first kappa shape index (κ1) is 15.2. The Labute approximate surface area is 130 Å². The minimum absolute atomic E-state index is 0.124. The van der Waals surface area contributed by atoms with Crippen LogP contribution in [0, 0.1) is 17.0 Å². The fraction of sp³-hybridized carbons (Fsp3) is 0.0714. The number of carbonyl (C=O) groups is 1. The van der Waals surface area contributed by atoms with E-state index in [1.54, 1.807) is 44.2 Å². The predicted molar refractivity (Wildman–Crippen MR) is 85.1 cm³/mol. The van der Waals surface area contributed by atoms with E-state index in [-0.39, 0.29) is 16.8 Å². The van der Waals surface area contributed by atoms with Gasteiger partial charge in [0.25, 0.3) is 5.69 Å². The minimum atomic E-state index is -0.605. The number of carbonyl (C=O) groups excluding carboxylic acids is 1. The SMILES string of the molecule is Bc1cc(Br)c([N+](=O)[O-])c(C)c1C(=O)Oc1ccccc1. The average molecular weight is 348 g/mol. The van der Waals surface area contributed by atoms with Crippen molar-refractivity contribution in [3.63, 3.8) is 0 Å². The Hall–Kier alpha value is -2.15. The average Bonchev–Trinajstić information content (AvgIpc) is 2.38. The molecule has 2 rings (SSSR count). The maximum Gasteiger partial charge on any atom is 0.343 e. The largest absolute Gasteiger partial charge is 0.423 e. The van der Waals surface area contributed by atoms with Crippen LogP contribution >= 0.6 is 15.9 Å². The number of nitrogens with zero attached hydrogens (tertiary/aromatic N) is 1. The second kappa shape index (κ2) is 6.09. The molecule has 2 aromatic rings. The van der Waals surface area contributed by atoms with Gasteiger partial charge in [-0.1, -0.05) is 23.7 Å². The topological polar surface area (TPSA) is 69.4 Å². The molecule has 106 valence electrons. The summed E-state index contributed by atoms with van der Waals surface area (Å²) in [6.07, 6.45) is 0. The van der Waals surface area contributed by atoms with Crippen LogP contribution in [-0.2, 0) is 0 Å². The van der Waals surface area contributed by atoms with E-state index >= 15 is 0 Å². The van der Waals surface area contributed by atoms with E-state index in [0.717, 1.165) is 0 Å². The lowest BCUT2D eigenvalue weighted by Crippen LogP contribution is -2.23. The third-order valence-electron chi connectivity index (χ3n) is 3.03. The number of ether oxygens (including phenoxy) is 1. The molecular weight excluding hydrogens is 337 g/mol. The number of halogens is 1. The number of nitro benzene ring substituents is 1. The van der Waals surface area contributed by atoms with Gasteiger partial charge in [-0.05, 0) is 41.1 Å². The molecule has 0 saturated heterocycles. The molecular formula is C14H11BBrNO4. The molecule has 0 aliphatic carbocycles. The van der Waals surface area contributed by atoms with Crippen molar-refractivity contribution in [1.29, 1.82) is 0 Å². The van der Waals surface area contributed by atoms with E-state index in [1.807, 2.05) is 0 Å². The van der Waals surface area contributed by atoms with Crippen LogP contribution in [0.1, 0.15) is 15.9 Å². The van der Waals surface area contributed by atoms with Gasteiger partial charge < -0.3 is 4.74 Å². The lowest BCUT2D eigenvalue weighted by Gasteiger charge is -2.11. The normalized spacial score (nSPS) is 10.2. The van der Waals surface area contributed by atoms with E-state index in [2.05, 4.69) is 15.9 Å². The number of nitro groups is 1. The van der Waals surface area contributed by atoms with Crippen LogP contribution < -0.4 is 10.2 Å². The Morgan fingerprint density at radius 3 is 2.52 bits per heavy atom. The molecule has 5 nitrogen and oxygen atoms in total. The van der Waals surface area contributed by atoms with Gasteiger partial charge >= 0.3 is 5.97 Å². The maximum absolute atomic E-state index is 12.3. The van der Waals surface area contributed by atoms with Crippen molar-refractivity contribution >= 4 is 40.9 Å². The second-order valence-electron chi connectivity index (χ2n) is 4.48. The number of hydrogen-bond donors (Lipinski definition) is 0. The summed E-state index contributed by atoms with van der Waals surface area (Å²) < 4.78 is 5.61. The zero-order valence-corrected chi connectivity index (χ0v) is 13.0. The molecule has 0 radical (unpaired) electrons. The van der Waals surface area contributed by atoms with Gasteiger partial charge in [0.15, 0.2) is 0 Å². The van der Waals surface area contributed by atoms with Crippen LogP contribution in [0.2, 0.25) is 0 Å². The van der Waals surface area contributed by atoms with Gasteiger partial charge in [0.2, 0.25) is 0 Å². The molecule has 0 amide bonds. The van der Waals surface area contributed by atoms with Crippen LogP contribution in [0.5, 0.6) is 5.75 Å². The smallest absolute Gasteiger partial charge is 0.343 e. The fourth-order valence-electron chi connectivity index (χ4n) is 2.11. The summed E-state index contributed by atoms with van der Waals surface area (Å²) in [5.41, 5.74) is 0.994. The number of benzene rings is 2.